The number of Topliss-reactive ketones (excluding diaryl/α,β-unsaturated/α-hetero) is 2. The largest absolute Gasteiger partial charge is 0.733 e. The zero-order chi connectivity index (χ0) is 22.5. The summed E-state index contributed by atoms with van der Waals surface area (Å²) in [7, 11) is 0. The Morgan fingerprint density at radius 1 is 1.06 bits per heavy atom. The lowest BCUT2D eigenvalue weighted by Gasteiger charge is -2.24. The summed E-state index contributed by atoms with van der Waals surface area (Å²) in [5.41, 5.74) is 1.95. The normalized spacial score (nSPS) is 10.5. The van der Waals surface area contributed by atoms with Crippen molar-refractivity contribution < 1.29 is 19.6 Å². The number of carbonyl (C=O) groups excluding carboxylic acids is 3. The van der Waals surface area contributed by atoms with Crippen LogP contribution in [-0.4, -0.2) is 27.7 Å². The number of nitrogens with one attached hydrogen (secondary N) is 2. The van der Waals surface area contributed by atoms with Gasteiger partial charge in [0.2, 0.25) is 5.78 Å². The minimum absolute atomic E-state index is 0.0220. The van der Waals surface area contributed by atoms with E-state index in [9.17, 15) is 24.8 Å². The number of rotatable bonds is 8. The maximum absolute atomic E-state index is 12.6. The first-order valence-corrected chi connectivity index (χ1v) is 10.0. The Hall–Kier alpha value is -3.60. The van der Waals surface area contributed by atoms with E-state index < -0.39 is 23.9 Å². The summed E-state index contributed by atoms with van der Waals surface area (Å²) in [6.07, 6.45) is -0.595. The molecule has 0 aliphatic rings. The first-order chi connectivity index (χ1) is 14.8. The molecular weight excluding hydrogens is 420 g/mol. The van der Waals surface area contributed by atoms with Crippen LogP contribution in [-0.2, 0) is 9.59 Å². The number of thiazole rings is 1. The third kappa shape index (κ3) is 5.31. The standard InChI is InChI=1S/C21H19N4O5S/c1-12-7-3-4-8-14(12)23-20(28)18(27)11-17(26)19-13(2)22-21(31-19)24-15-9-5-6-10-16(15)25(29)30/h3-10,29H,11H2,1-2H3,(H,22,24)(H,23,28)/q-1. The number of benzene rings is 2. The van der Waals surface area contributed by atoms with Gasteiger partial charge in [0, 0.05) is 5.69 Å². The molecule has 1 heterocycles. The molecule has 0 radical (unpaired) electrons. The van der Waals surface area contributed by atoms with Gasteiger partial charge in [-0.3, -0.25) is 19.6 Å². The second-order valence-corrected chi connectivity index (χ2v) is 7.64. The molecule has 0 atom stereocenters. The highest BCUT2D eigenvalue weighted by Crippen LogP contribution is 2.31. The third-order valence-corrected chi connectivity index (χ3v) is 5.48. The van der Waals surface area contributed by atoms with E-state index in [4.69, 9.17) is 0 Å². The Bertz CT molecular complexity index is 1140. The number of nitrogens with zero attached hydrogens (tertiary/aromatic N) is 2. The number of anilines is 4. The Morgan fingerprint density at radius 3 is 2.39 bits per heavy atom. The first kappa shape index (κ1) is 22.1. The van der Waals surface area contributed by atoms with Crippen LogP contribution in [0.5, 0.6) is 0 Å². The number of ketones is 2. The summed E-state index contributed by atoms with van der Waals surface area (Å²) in [5, 5.41) is 25.9. The second kappa shape index (κ2) is 9.47. The zero-order valence-corrected chi connectivity index (χ0v) is 17.5. The lowest BCUT2D eigenvalue weighted by Crippen LogP contribution is -2.25. The summed E-state index contributed by atoms with van der Waals surface area (Å²) in [5.74, 6) is -2.26. The number of hydrogen-bond donors (Lipinski definition) is 3. The van der Waals surface area contributed by atoms with Crippen LogP contribution < -0.4 is 15.9 Å². The Labute approximate surface area is 181 Å². The minimum atomic E-state index is -0.865. The van der Waals surface area contributed by atoms with Crippen LogP contribution in [0.4, 0.5) is 22.2 Å². The quantitative estimate of drug-likeness (QED) is 0.208. The Morgan fingerprint density at radius 2 is 1.71 bits per heavy atom. The van der Waals surface area contributed by atoms with Crippen LogP contribution in [0.1, 0.15) is 27.3 Å². The van der Waals surface area contributed by atoms with Gasteiger partial charge in [0.15, 0.2) is 10.9 Å². The molecule has 0 saturated carbocycles. The lowest BCUT2D eigenvalue weighted by molar-refractivity contribution is -0.134. The van der Waals surface area contributed by atoms with Crippen molar-refractivity contribution in [3.63, 3.8) is 0 Å². The fourth-order valence-electron chi connectivity index (χ4n) is 2.78. The molecule has 3 aromatic rings. The van der Waals surface area contributed by atoms with Crippen molar-refractivity contribution in [2.75, 3.05) is 15.9 Å². The van der Waals surface area contributed by atoms with Crippen LogP contribution in [0, 0.1) is 19.1 Å². The van der Waals surface area contributed by atoms with Gasteiger partial charge in [0.05, 0.1) is 28.4 Å². The number of para-hydroxylation sites is 3. The molecule has 0 spiro atoms. The van der Waals surface area contributed by atoms with Crippen LogP contribution in [0.15, 0.2) is 48.5 Å². The average molecular weight is 439 g/mol. The SMILES string of the molecule is Cc1ccccc1NC(=O)C(=O)CC(=O)c1sc(Nc2ccccc2N([O-])O)nc1C. The maximum atomic E-state index is 12.6. The smallest absolute Gasteiger partial charge is 0.292 e. The first-order valence-electron chi connectivity index (χ1n) is 9.19. The van der Waals surface area contributed by atoms with Gasteiger partial charge in [-0.05, 0) is 37.6 Å². The number of amides is 1. The summed E-state index contributed by atoms with van der Waals surface area (Å²) in [6, 6.07) is 13.2. The molecule has 10 heteroatoms. The molecule has 1 amide bonds. The van der Waals surface area contributed by atoms with E-state index in [-0.39, 0.29) is 15.8 Å². The maximum Gasteiger partial charge on any atom is 0.292 e. The van der Waals surface area contributed by atoms with E-state index in [1.165, 1.54) is 6.07 Å². The van der Waals surface area contributed by atoms with Crippen molar-refractivity contribution in [3.8, 4) is 0 Å². The van der Waals surface area contributed by atoms with Crippen molar-refractivity contribution in [2.45, 2.75) is 20.3 Å². The van der Waals surface area contributed by atoms with Crippen molar-refractivity contribution in [2.24, 2.45) is 0 Å². The number of carbonyl (C=O) groups is 3. The predicted octanol–water partition coefficient (Wildman–Crippen LogP) is 3.98. The molecule has 160 valence electrons. The third-order valence-electron chi connectivity index (χ3n) is 4.37. The lowest BCUT2D eigenvalue weighted by atomic mass is 10.1. The van der Waals surface area contributed by atoms with Gasteiger partial charge in [-0.2, -0.15) is 0 Å². The topological polar surface area (TPSA) is 135 Å². The van der Waals surface area contributed by atoms with E-state index in [0.29, 0.717) is 22.2 Å². The highest BCUT2D eigenvalue weighted by Gasteiger charge is 2.23. The van der Waals surface area contributed by atoms with E-state index in [1.54, 1.807) is 50.2 Å². The molecule has 31 heavy (non-hydrogen) atoms. The number of hydrogen-bond acceptors (Lipinski definition) is 9. The molecule has 0 fully saturated rings. The zero-order valence-electron chi connectivity index (χ0n) is 16.7. The van der Waals surface area contributed by atoms with Gasteiger partial charge in [0.25, 0.3) is 5.91 Å². The molecule has 0 unspecified atom stereocenters. The molecular formula is C21H19N4O5S-. The second-order valence-electron chi connectivity index (χ2n) is 6.64. The summed E-state index contributed by atoms with van der Waals surface area (Å²) in [6.45, 7) is 3.39. The van der Waals surface area contributed by atoms with E-state index in [2.05, 4.69) is 15.6 Å². The van der Waals surface area contributed by atoms with Crippen molar-refractivity contribution in [1.29, 1.82) is 0 Å². The number of aryl methyl sites for hydroxylation is 2. The van der Waals surface area contributed by atoms with Crippen LogP contribution in [0.3, 0.4) is 0 Å². The highest BCUT2D eigenvalue weighted by molar-refractivity contribution is 7.17. The van der Waals surface area contributed by atoms with Gasteiger partial charge in [-0.25, -0.2) is 4.98 Å². The molecule has 2 aromatic carbocycles. The monoisotopic (exact) mass is 439 g/mol. The van der Waals surface area contributed by atoms with Gasteiger partial charge < -0.3 is 21.1 Å². The van der Waals surface area contributed by atoms with E-state index in [0.717, 1.165) is 16.9 Å². The minimum Gasteiger partial charge on any atom is -0.733 e. The Balaban J connectivity index is 1.69. The van der Waals surface area contributed by atoms with Crippen molar-refractivity contribution in [3.05, 3.63) is 69.9 Å². The summed E-state index contributed by atoms with van der Waals surface area (Å²) >= 11 is 0.985. The van der Waals surface area contributed by atoms with Crippen LogP contribution >= 0.6 is 11.3 Å². The van der Waals surface area contributed by atoms with Gasteiger partial charge >= 0.3 is 0 Å². The summed E-state index contributed by atoms with van der Waals surface area (Å²) in [4.78, 5) is 41.4. The van der Waals surface area contributed by atoms with Crippen molar-refractivity contribution >= 4 is 51.0 Å². The number of aromatic nitrogens is 1. The molecule has 9 nitrogen and oxygen atoms in total. The molecule has 0 bridgehead atoms. The molecule has 1 aromatic heterocycles. The van der Waals surface area contributed by atoms with Crippen LogP contribution in [0.25, 0.3) is 0 Å². The van der Waals surface area contributed by atoms with E-state index in [1.807, 2.05) is 6.07 Å². The molecule has 0 aliphatic heterocycles. The molecule has 3 rings (SSSR count). The predicted molar refractivity (Wildman–Crippen MR) is 118 cm³/mol. The van der Waals surface area contributed by atoms with E-state index >= 15 is 0 Å². The van der Waals surface area contributed by atoms with Gasteiger partial charge in [0.1, 0.15) is 0 Å². The average Bonchev–Trinajstić information content (AvgIpc) is 3.10. The highest BCUT2D eigenvalue weighted by atomic mass is 32.1. The fraction of sp³-hybridized carbons (Fsp3) is 0.143. The van der Waals surface area contributed by atoms with Crippen molar-refractivity contribution in [1.82, 2.24) is 4.98 Å². The van der Waals surface area contributed by atoms with Gasteiger partial charge in [-0.1, -0.05) is 41.7 Å². The van der Waals surface area contributed by atoms with Crippen LogP contribution in [0.2, 0.25) is 0 Å². The summed E-state index contributed by atoms with van der Waals surface area (Å²) < 4.78 is 0. The molecule has 3 N–H and O–H groups in total. The fourth-order valence-corrected chi connectivity index (χ4v) is 3.70. The Kier molecular flexibility index (Phi) is 6.75. The molecule has 0 aliphatic carbocycles. The molecule has 0 saturated heterocycles. The van der Waals surface area contributed by atoms with Gasteiger partial charge in [-0.15, -0.1) is 0 Å².